The Morgan fingerprint density at radius 3 is 2.78 bits per heavy atom. The highest BCUT2D eigenvalue weighted by molar-refractivity contribution is 8.00. The average Bonchev–Trinajstić information content (AvgIpc) is 2.65. The van der Waals surface area contributed by atoms with Crippen molar-refractivity contribution >= 4 is 45.2 Å². The van der Waals surface area contributed by atoms with Crippen LogP contribution < -0.4 is 9.62 Å². The van der Waals surface area contributed by atoms with E-state index in [0.717, 1.165) is 5.56 Å². The van der Waals surface area contributed by atoms with Crippen LogP contribution in [0.4, 0.5) is 11.5 Å². The maximum absolute atomic E-state index is 12.7. The van der Waals surface area contributed by atoms with Gasteiger partial charge in [-0.25, -0.2) is 13.4 Å². The van der Waals surface area contributed by atoms with Gasteiger partial charge in [-0.2, -0.15) is 0 Å². The number of hydrogen-bond acceptors (Lipinski definition) is 7. The normalized spacial score (nSPS) is 13.9. The number of anilines is 2. The maximum atomic E-state index is 12.7. The molecule has 1 N–H and O–H groups in total. The fourth-order valence-electron chi connectivity index (χ4n) is 2.44. The van der Waals surface area contributed by atoms with E-state index >= 15 is 0 Å². The lowest BCUT2D eigenvalue weighted by Crippen LogP contribution is -2.39. The van der Waals surface area contributed by atoms with Crippen molar-refractivity contribution in [2.75, 3.05) is 29.0 Å². The molecule has 0 radical (unpaired) electrons. The lowest BCUT2D eigenvalue weighted by molar-refractivity contribution is -0.139. The summed E-state index contributed by atoms with van der Waals surface area (Å²) in [5.41, 5.74) is 1.27. The van der Waals surface area contributed by atoms with Gasteiger partial charge in [-0.1, -0.05) is 6.07 Å². The molecule has 1 aromatic heterocycles. The number of aryl methyl sites for hydroxylation is 1. The van der Waals surface area contributed by atoms with E-state index in [1.54, 1.807) is 24.4 Å². The number of nitrogens with zero attached hydrogens (tertiary/aromatic N) is 2. The summed E-state index contributed by atoms with van der Waals surface area (Å²) in [6.45, 7) is 1.57. The Labute approximate surface area is 161 Å². The van der Waals surface area contributed by atoms with Crippen molar-refractivity contribution in [3.05, 3.63) is 42.1 Å². The molecule has 1 amide bonds. The molecule has 0 saturated heterocycles. The van der Waals surface area contributed by atoms with Crippen LogP contribution in [0.5, 0.6) is 0 Å². The van der Waals surface area contributed by atoms with Crippen LogP contribution in [0.2, 0.25) is 0 Å². The Balaban J connectivity index is 1.94. The first-order valence-corrected chi connectivity index (χ1v) is 10.4. The van der Waals surface area contributed by atoms with Gasteiger partial charge >= 0.3 is 5.97 Å². The number of rotatable bonds is 5. The summed E-state index contributed by atoms with van der Waals surface area (Å²) in [4.78, 5) is 29.8. The zero-order chi connectivity index (χ0) is 19.6. The van der Waals surface area contributed by atoms with Crippen molar-refractivity contribution in [2.24, 2.45) is 0 Å². The van der Waals surface area contributed by atoms with Crippen LogP contribution in [0.25, 0.3) is 0 Å². The molecule has 0 fully saturated rings. The minimum atomic E-state index is -3.91. The summed E-state index contributed by atoms with van der Waals surface area (Å²) in [5, 5.41) is 0. The van der Waals surface area contributed by atoms with Gasteiger partial charge in [0.05, 0.1) is 23.4 Å². The van der Waals surface area contributed by atoms with Crippen molar-refractivity contribution in [2.45, 2.75) is 16.7 Å². The number of esters is 1. The number of amides is 1. The zero-order valence-electron chi connectivity index (χ0n) is 14.6. The third-order valence-electron chi connectivity index (χ3n) is 3.85. The molecule has 0 atom stereocenters. The van der Waals surface area contributed by atoms with Gasteiger partial charge in [-0.3, -0.25) is 19.2 Å². The van der Waals surface area contributed by atoms with Crippen molar-refractivity contribution in [1.29, 1.82) is 0 Å². The van der Waals surface area contributed by atoms with E-state index in [9.17, 15) is 18.0 Å². The number of thioether (sulfide) groups is 1. The molecule has 27 heavy (non-hydrogen) atoms. The van der Waals surface area contributed by atoms with Crippen LogP contribution in [0, 0.1) is 6.92 Å². The molecule has 10 heteroatoms. The molecule has 2 heterocycles. The third kappa shape index (κ3) is 4.22. The van der Waals surface area contributed by atoms with Crippen LogP contribution in [0.15, 0.2) is 46.3 Å². The number of hydrogen-bond donors (Lipinski definition) is 1. The number of carbonyl (C=O) groups is 2. The molecule has 1 aromatic carbocycles. The lowest BCUT2D eigenvalue weighted by atomic mass is 10.2. The smallest absolute Gasteiger partial charge is 0.325 e. The molecule has 1 aliphatic rings. The lowest BCUT2D eigenvalue weighted by Gasteiger charge is -2.28. The van der Waals surface area contributed by atoms with E-state index in [0.29, 0.717) is 10.6 Å². The van der Waals surface area contributed by atoms with E-state index in [4.69, 9.17) is 0 Å². The Morgan fingerprint density at radius 1 is 1.33 bits per heavy atom. The first-order chi connectivity index (χ1) is 12.8. The summed E-state index contributed by atoms with van der Waals surface area (Å²) < 4.78 is 32.4. The first-order valence-electron chi connectivity index (χ1n) is 7.89. The number of methoxy groups -OCH3 is 1. The molecule has 0 spiro atoms. The highest BCUT2D eigenvalue weighted by Crippen LogP contribution is 2.37. The molecule has 0 bridgehead atoms. The predicted molar refractivity (Wildman–Crippen MR) is 101 cm³/mol. The van der Waals surface area contributed by atoms with E-state index in [-0.39, 0.29) is 28.9 Å². The topological polar surface area (TPSA) is 106 Å². The number of pyridine rings is 1. The van der Waals surface area contributed by atoms with Gasteiger partial charge in [-0.05, 0) is 36.8 Å². The van der Waals surface area contributed by atoms with Crippen molar-refractivity contribution < 1.29 is 22.7 Å². The molecule has 0 saturated carbocycles. The minimum Gasteiger partial charge on any atom is -0.468 e. The Bertz CT molecular complexity index is 990. The fourth-order valence-corrected chi connectivity index (χ4v) is 4.38. The van der Waals surface area contributed by atoms with Crippen molar-refractivity contribution in [3.8, 4) is 0 Å². The van der Waals surface area contributed by atoms with Gasteiger partial charge in [0, 0.05) is 11.1 Å². The van der Waals surface area contributed by atoms with Gasteiger partial charge in [-0.15, -0.1) is 11.8 Å². The summed E-state index contributed by atoms with van der Waals surface area (Å²) >= 11 is 1.29. The average molecular weight is 407 g/mol. The van der Waals surface area contributed by atoms with E-state index in [1.165, 1.54) is 35.9 Å². The maximum Gasteiger partial charge on any atom is 0.325 e. The number of ether oxygens (including phenoxy) is 1. The predicted octanol–water partition coefficient (Wildman–Crippen LogP) is 1.80. The first kappa shape index (κ1) is 19.2. The summed E-state index contributed by atoms with van der Waals surface area (Å²) in [7, 11) is -2.68. The molecule has 0 unspecified atom stereocenters. The second-order valence-corrected chi connectivity index (χ2v) is 8.50. The molecule has 2 aromatic rings. The molecule has 142 valence electrons. The van der Waals surface area contributed by atoms with Crippen LogP contribution in [0.3, 0.4) is 0 Å². The number of aromatic nitrogens is 1. The van der Waals surface area contributed by atoms with Gasteiger partial charge in [0.1, 0.15) is 12.4 Å². The highest BCUT2D eigenvalue weighted by Gasteiger charge is 2.29. The molecule has 0 aliphatic carbocycles. The quantitative estimate of drug-likeness (QED) is 0.754. The Kier molecular flexibility index (Phi) is 5.38. The second-order valence-electron chi connectivity index (χ2n) is 5.80. The van der Waals surface area contributed by atoms with Gasteiger partial charge in [0.15, 0.2) is 0 Å². The molecule has 8 nitrogen and oxygen atoms in total. The highest BCUT2D eigenvalue weighted by atomic mass is 32.2. The number of carbonyl (C=O) groups excluding carboxylic acids is 2. The summed E-state index contributed by atoms with van der Waals surface area (Å²) in [5.74, 6) is -0.519. The largest absolute Gasteiger partial charge is 0.468 e. The molecule has 3 rings (SSSR count). The monoisotopic (exact) mass is 407 g/mol. The van der Waals surface area contributed by atoms with Crippen LogP contribution in [-0.4, -0.2) is 44.7 Å². The SMILES string of the molecule is COC(=O)CN1C(=O)CSc2ccc(S(=O)(=O)Nc3ccc(C)cn3)cc21. The third-order valence-corrected chi connectivity index (χ3v) is 6.25. The summed E-state index contributed by atoms with van der Waals surface area (Å²) in [6.07, 6.45) is 1.55. The van der Waals surface area contributed by atoms with Gasteiger partial charge in [0.2, 0.25) is 5.91 Å². The second kappa shape index (κ2) is 7.57. The van der Waals surface area contributed by atoms with E-state index in [2.05, 4.69) is 14.4 Å². The standard InChI is InChI=1S/C17H17N3O5S2/c1-11-3-6-15(18-8-11)19-27(23,24)12-4-5-14-13(7-12)20(9-17(22)25-2)16(21)10-26-14/h3-8H,9-10H2,1-2H3,(H,18,19). The number of benzene rings is 1. The van der Waals surface area contributed by atoms with Gasteiger partial charge in [0.25, 0.3) is 10.0 Å². The fraction of sp³-hybridized carbons (Fsp3) is 0.235. The van der Waals surface area contributed by atoms with Crippen LogP contribution in [0.1, 0.15) is 5.56 Å². The van der Waals surface area contributed by atoms with Crippen LogP contribution >= 0.6 is 11.8 Å². The summed E-state index contributed by atoms with van der Waals surface area (Å²) in [6, 6.07) is 7.75. The molecular formula is C17H17N3O5S2. The van der Waals surface area contributed by atoms with E-state index in [1.807, 2.05) is 6.92 Å². The Morgan fingerprint density at radius 2 is 2.11 bits per heavy atom. The number of nitrogens with one attached hydrogen (secondary N) is 1. The van der Waals surface area contributed by atoms with Crippen LogP contribution in [-0.2, 0) is 24.3 Å². The molecular weight excluding hydrogens is 390 g/mol. The number of sulfonamides is 1. The Hall–Kier alpha value is -2.59. The van der Waals surface area contributed by atoms with Gasteiger partial charge < -0.3 is 4.74 Å². The zero-order valence-corrected chi connectivity index (χ0v) is 16.3. The van der Waals surface area contributed by atoms with Crippen molar-refractivity contribution in [3.63, 3.8) is 0 Å². The number of fused-ring (bicyclic) bond motifs is 1. The van der Waals surface area contributed by atoms with Crippen molar-refractivity contribution in [1.82, 2.24) is 4.98 Å². The molecule has 1 aliphatic heterocycles. The minimum absolute atomic E-state index is 0.0335. The van der Waals surface area contributed by atoms with E-state index < -0.39 is 16.0 Å².